The lowest BCUT2D eigenvalue weighted by atomic mass is 10.0. The Morgan fingerprint density at radius 3 is 2.72 bits per heavy atom. The first-order valence-corrected chi connectivity index (χ1v) is 6.86. The fraction of sp³-hybridized carbons (Fsp3) is 0.462. The minimum absolute atomic E-state index is 0.0407. The van der Waals surface area contributed by atoms with Crippen molar-refractivity contribution in [1.82, 2.24) is 10.2 Å². The van der Waals surface area contributed by atoms with E-state index in [1.165, 1.54) is 6.07 Å². The maximum atomic E-state index is 12.3. The summed E-state index contributed by atoms with van der Waals surface area (Å²) >= 11 is 3.32. The van der Waals surface area contributed by atoms with Gasteiger partial charge < -0.3 is 15.3 Å². The van der Waals surface area contributed by atoms with Crippen LogP contribution in [-0.2, 0) is 0 Å². The molecule has 0 saturated carbocycles. The molecule has 4 nitrogen and oxygen atoms in total. The summed E-state index contributed by atoms with van der Waals surface area (Å²) in [5, 5.41) is 13.0. The first-order chi connectivity index (χ1) is 8.61. The van der Waals surface area contributed by atoms with E-state index in [1.54, 1.807) is 17.0 Å². The molecular formula is C13H17BrN2O2. The Hall–Kier alpha value is -1.07. The lowest BCUT2D eigenvalue weighted by molar-refractivity contribution is 0.0704. The molecule has 0 unspecified atom stereocenters. The highest BCUT2D eigenvalue weighted by atomic mass is 79.9. The third kappa shape index (κ3) is 2.84. The third-order valence-electron chi connectivity index (χ3n) is 3.38. The molecule has 2 N–H and O–H groups in total. The normalized spacial score (nSPS) is 16.9. The Morgan fingerprint density at radius 2 is 2.11 bits per heavy atom. The second kappa shape index (κ2) is 5.71. The number of benzene rings is 1. The molecule has 1 aromatic rings. The van der Waals surface area contributed by atoms with Gasteiger partial charge in [0.05, 0.1) is 5.56 Å². The first kappa shape index (κ1) is 13.4. The van der Waals surface area contributed by atoms with Gasteiger partial charge in [-0.15, -0.1) is 0 Å². The Labute approximate surface area is 115 Å². The molecule has 0 atom stereocenters. The summed E-state index contributed by atoms with van der Waals surface area (Å²) < 4.78 is 0.800. The van der Waals surface area contributed by atoms with Crippen LogP contribution >= 0.6 is 15.9 Å². The predicted molar refractivity (Wildman–Crippen MR) is 73.8 cm³/mol. The van der Waals surface area contributed by atoms with Crippen LogP contribution in [0.15, 0.2) is 22.7 Å². The number of nitrogens with one attached hydrogen (secondary N) is 1. The molecule has 1 aliphatic rings. The molecule has 1 saturated heterocycles. The summed E-state index contributed by atoms with van der Waals surface area (Å²) in [4.78, 5) is 14.1. The van der Waals surface area contributed by atoms with Crippen LogP contribution in [0.1, 0.15) is 23.2 Å². The van der Waals surface area contributed by atoms with E-state index in [4.69, 9.17) is 0 Å². The quantitative estimate of drug-likeness (QED) is 0.878. The zero-order chi connectivity index (χ0) is 13.1. The van der Waals surface area contributed by atoms with Crippen LogP contribution in [0.5, 0.6) is 5.75 Å². The topological polar surface area (TPSA) is 52.6 Å². The van der Waals surface area contributed by atoms with Crippen molar-refractivity contribution in [2.45, 2.75) is 18.9 Å². The smallest absolute Gasteiger partial charge is 0.257 e. The molecule has 18 heavy (non-hydrogen) atoms. The number of amides is 1. The average molecular weight is 313 g/mol. The van der Waals surface area contributed by atoms with Crippen LogP contribution in [0.2, 0.25) is 0 Å². The standard InChI is InChI=1S/C13H17BrN2O2/c1-15-10-4-6-16(7-5-10)13(18)11-8-9(14)2-3-12(11)17/h2-3,8,10,15,17H,4-7H2,1H3. The number of halogens is 1. The van der Waals surface area contributed by atoms with Gasteiger partial charge >= 0.3 is 0 Å². The van der Waals surface area contributed by atoms with E-state index in [0.29, 0.717) is 11.6 Å². The minimum atomic E-state index is -0.0941. The lowest BCUT2D eigenvalue weighted by Crippen LogP contribution is -2.43. The summed E-state index contributed by atoms with van der Waals surface area (Å²) in [6, 6.07) is 5.42. The van der Waals surface area contributed by atoms with E-state index >= 15 is 0 Å². The van der Waals surface area contributed by atoms with E-state index in [1.807, 2.05) is 7.05 Å². The zero-order valence-corrected chi connectivity index (χ0v) is 11.9. The number of aromatic hydroxyl groups is 1. The van der Waals surface area contributed by atoms with Crippen LogP contribution in [0.3, 0.4) is 0 Å². The number of carbonyl (C=O) groups is 1. The van der Waals surface area contributed by atoms with Crippen molar-refractivity contribution in [2.24, 2.45) is 0 Å². The van der Waals surface area contributed by atoms with Crippen molar-refractivity contribution in [3.63, 3.8) is 0 Å². The van der Waals surface area contributed by atoms with Crippen molar-refractivity contribution in [1.29, 1.82) is 0 Å². The molecule has 1 amide bonds. The zero-order valence-electron chi connectivity index (χ0n) is 10.3. The molecule has 1 fully saturated rings. The number of rotatable bonds is 2. The van der Waals surface area contributed by atoms with Gasteiger partial charge in [0.2, 0.25) is 0 Å². The average Bonchev–Trinajstić information content (AvgIpc) is 2.41. The van der Waals surface area contributed by atoms with Crippen LogP contribution in [0.4, 0.5) is 0 Å². The molecule has 0 bridgehead atoms. The molecule has 5 heteroatoms. The summed E-state index contributed by atoms with van der Waals surface area (Å²) in [6.07, 6.45) is 1.91. The van der Waals surface area contributed by atoms with Gasteiger partial charge in [-0.05, 0) is 38.1 Å². The van der Waals surface area contributed by atoms with Crippen LogP contribution in [0, 0.1) is 0 Å². The number of carbonyl (C=O) groups excluding carboxylic acids is 1. The number of likely N-dealkylation sites (tertiary alicyclic amines) is 1. The molecule has 1 aliphatic heterocycles. The van der Waals surface area contributed by atoms with E-state index in [-0.39, 0.29) is 11.7 Å². The fourth-order valence-corrected chi connectivity index (χ4v) is 2.58. The van der Waals surface area contributed by atoms with Gasteiger partial charge in [-0.2, -0.15) is 0 Å². The Bertz CT molecular complexity index is 443. The summed E-state index contributed by atoms with van der Waals surface area (Å²) in [6.45, 7) is 1.46. The first-order valence-electron chi connectivity index (χ1n) is 6.07. The molecule has 0 aliphatic carbocycles. The molecule has 2 rings (SSSR count). The minimum Gasteiger partial charge on any atom is -0.507 e. The highest BCUT2D eigenvalue weighted by molar-refractivity contribution is 9.10. The molecule has 98 valence electrons. The number of piperidine rings is 1. The maximum absolute atomic E-state index is 12.3. The van der Waals surface area contributed by atoms with E-state index in [2.05, 4.69) is 21.2 Å². The van der Waals surface area contributed by atoms with Crippen molar-refractivity contribution < 1.29 is 9.90 Å². The van der Waals surface area contributed by atoms with Crippen LogP contribution in [-0.4, -0.2) is 42.1 Å². The molecule has 0 spiro atoms. The monoisotopic (exact) mass is 312 g/mol. The highest BCUT2D eigenvalue weighted by Crippen LogP contribution is 2.24. The van der Waals surface area contributed by atoms with Crippen molar-refractivity contribution in [3.8, 4) is 5.75 Å². The second-order valence-electron chi connectivity index (χ2n) is 4.52. The van der Waals surface area contributed by atoms with Gasteiger partial charge in [-0.1, -0.05) is 15.9 Å². The molecule has 0 radical (unpaired) electrons. The van der Waals surface area contributed by atoms with E-state index in [9.17, 15) is 9.90 Å². The summed E-state index contributed by atoms with van der Waals surface area (Å²) in [5.74, 6) is -0.0534. The number of hydrogen-bond donors (Lipinski definition) is 2. The highest BCUT2D eigenvalue weighted by Gasteiger charge is 2.24. The van der Waals surface area contributed by atoms with E-state index in [0.717, 1.165) is 30.4 Å². The van der Waals surface area contributed by atoms with Gasteiger partial charge in [0.1, 0.15) is 5.75 Å². The molecular weight excluding hydrogens is 296 g/mol. The number of nitrogens with zero attached hydrogens (tertiary/aromatic N) is 1. The fourth-order valence-electron chi connectivity index (χ4n) is 2.22. The van der Waals surface area contributed by atoms with Crippen LogP contribution in [0.25, 0.3) is 0 Å². The van der Waals surface area contributed by atoms with Gasteiger partial charge in [-0.3, -0.25) is 4.79 Å². The van der Waals surface area contributed by atoms with Crippen molar-refractivity contribution >= 4 is 21.8 Å². The van der Waals surface area contributed by atoms with Crippen molar-refractivity contribution in [3.05, 3.63) is 28.2 Å². The molecule has 1 aromatic carbocycles. The van der Waals surface area contributed by atoms with E-state index < -0.39 is 0 Å². The van der Waals surface area contributed by atoms with Crippen molar-refractivity contribution in [2.75, 3.05) is 20.1 Å². The molecule has 1 heterocycles. The number of phenolic OH excluding ortho intramolecular Hbond substituents is 1. The Morgan fingerprint density at radius 1 is 1.44 bits per heavy atom. The summed E-state index contributed by atoms with van der Waals surface area (Å²) in [7, 11) is 1.95. The predicted octanol–water partition coefficient (Wildman–Crippen LogP) is 1.98. The van der Waals surface area contributed by atoms with Gasteiger partial charge in [0.15, 0.2) is 0 Å². The van der Waals surface area contributed by atoms with Gasteiger partial charge in [0, 0.05) is 23.6 Å². The van der Waals surface area contributed by atoms with Gasteiger partial charge in [0.25, 0.3) is 5.91 Å². The second-order valence-corrected chi connectivity index (χ2v) is 5.43. The summed E-state index contributed by atoms with van der Waals surface area (Å²) in [5.41, 5.74) is 0.368. The SMILES string of the molecule is CNC1CCN(C(=O)c2cc(Br)ccc2O)CC1. The number of phenols is 1. The maximum Gasteiger partial charge on any atom is 0.257 e. The Balaban J connectivity index is 2.10. The number of hydrogen-bond acceptors (Lipinski definition) is 3. The Kier molecular flexibility index (Phi) is 4.24. The largest absolute Gasteiger partial charge is 0.507 e. The van der Waals surface area contributed by atoms with Gasteiger partial charge in [-0.25, -0.2) is 0 Å². The third-order valence-corrected chi connectivity index (χ3v) is 3.87. The molecule has 0 aromatic heterocycles. The van der Waals surface area contributed by atoms with Crippen LogP contribution < -0.4 is 5.32 Å². The lowest BCUT2D eigenvalue weighted by Gasteiger charge is -2.32.